The van der Waals surface area contributed by atoms with Gasteiger partial charge in [0.2, 0.25) is 0 Å². The van der Waals surface area contributed by atoms with Gasteiger partial charge in [-0.05, 0) is 83.7 Å². The molecule has 2 rings (SSSR count). The van der Waals surface area contributed by atoms with Crippen LogP contribution in [0.4, 0.5) is 18.0 Å². The monoisotopic (exact) mass is 638 g/mol. The number of aryl methyl sites for hydroxylation is 1. The maximum atomic E-state index is 14.0. The van der Waals surface area contributed by atoms with Gasteiger partial charge in [-0.1, -0.05) is 41.4 Å². The van der Waals surface area contributed by atoms with E-state index in [-0.39, 0.29) is 34.7 Å². The molecule has 41 heavy (non-hydrogen) atoms. The number of esters is 1. The molecule has 0 saturated heterocycles. The van der Waals surface area contributed by atoms with Gasteiger partial charge in [0.05, 0.1) is 5.56 Å². The van der Waals surface area contributed by atoms with Crippen LogP contribution in [0.15, 0.2) is 36.4 Å². The average molecular weight is 640 g/mol. The van der Waals surface area contributed by atoms with Crippen molar-refractivity contribution in [3.63, 3.8) is 0 Å². The molecule has 7 nitrogen and oxygen atoms in total. The predicted molar refractivity (Wildman–Crippen MR) is 155 cm³/mol. The number of alkyl halides is 3. The third-order valence-electron chi connectivity index (χ3n) is 5.48. The molecule has 0 fully saturated rings. The lowest BCUT2D eigenvalue weighted by Gasteiger charge is -2.26. The minimum atomic E-state index is -4.72. The van der Waals surface area contributed by atoms with E-state index in [1.165, 1.54) is 30.3 Å². The molecule has 0 bridgehead atoms. The predicted octanol–water partition coefficient (Wildman–Crippen LogP) is 7.89. The lowest BCUT2D eigenvalue weighted by Crippen LogP contribution is -2.46. The van der Waals surface area contributed by atoms with E-state index in [9.17, 15) is 27.0 Å². The van der Waals surface area contributed by atoms with Gasteiger partial charge in [-0.25, -0.2) is 13.8 Å². The van der Waals surface area contributed by atoms with Crippen LogP contribution in [0, 0.1) is 4.78 Å². The summed E-state index contributed by atoms with van der Waals surface area (Å²) in [5.74, 6) is -1.58. The van der Waals surface area contributed by atoms with Crippen molar-refractivity contribution in [2.24, 2.45) is 0 Å². The molecular formula is C28H35Cl2F3N2O5S. The summed E-state index contributed by atoms with van der Waals surface area (Å²) in [6.45, 7) is 9.81. The Morgan fingerprint density at radius 3 is 2.10 bits per heavy atom. The van der Waals surface area contributed by atoms with Crippen molar-refractivity contribution >= 4 is 45.0 Å². The number of carbonyl (C=O) groups is 2. The summed E-state index contributed by atoms with van der Waals surface area (Å²) in [5.41, 5.74) is -2.22. The Morgan fingerprint density at radius 2 is 1.56 bits per heavy atom. The van der Waals surface area contributed by atoms with Crippen molar-refractivity contribution in [2.45, 2.75) is 77.8 Å². The van der Waals surface area contributed by atoms with Crippen LogP contribution >= 0.6 is 23.2 Å². The zero-order valence-electron chi connectivity index (χ0n) is 23.7. The fourth-order valence-corrected chi connectivity index (χ4v) is 5.59. The van der Waals surface area contributed by atoms with Crippen LogP contribution in [0.25, 0.3) is 11.1 Å². The molecule has 0 aliphatic rings. The molecule has 228 valence electrons. The van der Waals surface area contributed by atoms with E-state index in [1.54, 1.807) is 41.5 Å². The van der Waals surface area contributed by atoms with Gasteiger partial charge in [-0.15, -0.1) is 0 Å². The van der Waals surface area contributed by atoms with Crippen molar-refractivity contribution in [1.29, 1.82) is 4.78 Å². The Balaban J connectivity index is 2.21. The number of halogens is 5. The summed E-state index contributed by atoms with van der Waals surface area (Å²) in [6.07, 6.45) is -6.16. The molecule has 0 aliphatic carbocycles. The number of nitrogens with one attached hydrogen (secondary N) is 2. The molecule has 2 aromatic rings. The zero-order chi connectivity index (χ0) is 31.4. The van der Waals surface area contributed by atoms with Crippen LogP contribution in [0.2, 0.25) is 10.0 Å². The number of hydrogen-bond donors (Lipinski definition) is 2. The number of benzene rings is 2. The number of carbonyl (C=O) groups excluding carboxylic acids is 2. The molecule has 0 aliphatic heterocycles. The summed E-state index contributed by atoms with van der Waals surface area (Å²) in [7, 11) is -3.46. The number of alkyl carbamates (subject to hydrolysis) is 1. The van der Waals surface area contributed by atoms with Gasteiger partial charge >= 0.3 is 18.2 Å². The Morgan fingerprint density at radius 1 is 0.951 bits per heavy atom. The third kappa shape index (κ3) is 11.7. The molecular weight excluding hydrogens is 604 g/mol. The highest BCUT2D eigenvalue weighted by Gasteiger charge is 2.34. The van der Waals surface area contributed by atoms with Gasteiger partial charge in [0, 0.05) is 36.8 Å². The van der Waals surface area contributed by atoms with E-state index in [0.717, 1.165) is 6.07 Å². The van der Waals surface area contributed by atoms with E-state index < -0.39 is 56.5 Å². The molecule has 1 amide bonds. The first-order valence-electron chi connectivity index (χ1n) is 12.7. The zero-order valence-corrected chi connectivity index (χ0v) is 26.0. The van der Waals surface area contributed by atoms with Gasteiger partial charge in [0.1, 0.15) is 17.2 Å². The van der Waals surface area contributed by atoms with Crippen LogP contribution in [0.1, 0.15) is 59.1 Å². The van der Waals surface area contributed by atoms with Crippen LogP contribution in [-0.4, -0.2) is 45.0 Å². The molecule has 1 unspecified atom stereocenters. The fraction of sp³-hybridized carbons (Fsp3) is 0.500. The van der Waals surface area contributed by atoms with E-state index in [4.69, 9.17) is 37.5 Å². The molecule has 2 aromatic carbocycles. The Kier molecular flexibility index (Phi) is 11.2. The van der Waals surface area contributed by atoms with E-state index in [1.807, 2.05) is 0 Å². The first kappa shape index (κ1) is 34.7. The molecule has 2 atom stereocenters. The van der Waals surface area contributed by atoms with Crippen LogP contribution in [0.5, 0.6) is 0 Å². The first-order chi connectivity index (χ1) is 18.6. The van der Waals surface area contributed by atoms with E-state index >= 15 is 0 Å². The highest BCUT2D eigenvalue weighted by atomic mass is 35.5. The van der Waals surface area contributed by atoms with Gasteiger partial charge in [-0.3, -0.25) is 4.78 Å². The summed E-state index contributed by atoms with van der Waals surface area (Å²) < 4.78 is 73.8. The minimum Gasteiger partial charge on any atom is -0.458 e. The quantitative estimate of drug-likeness (QED) is 0.272. The number of rotatable bonds is 9. The van der Waals surface area contributed by atoms with Crippen molar-refractivity contribution in [1.82, 2.24) is 5.32 Å². The smallest absolute Gasteiger partial charge is 0.416 e. The van der Waals surface area contributed by atoms with Gasteiger partial charge in [0.15, 0.2) is 0 Å². The standard InChI is InChI=1S/C28H35Cl2F3N2O5S/c1-26(2,3)39-24(36)23(35-25(37)40-27(4,5)6)12-14-41(34,38)13-11-17-7-8-18(15-21(17)28(31,32)33)20-10-9-19(29)16-22(20)30/h7-10,15-16,23,34H,11-14H2,1-6H3,(H,35,37)/t23-,41?/m0/s1. The lowest BCUT2D eigenvalue weighted by molar-refractivity contribution is -0.157. The normalized spacial score (nSPS) is 14.6. The molecule has 0 aromatic heterocycles. The minimum absolute atomic E-state index is 0.137. The second kappa shape index (κ2) is 13.2. The summed E-state index contributed by atoms with van der Waals surface area (Å²) in [4.78, 5) is 25.0. The van der Waals surface area contributed by atoms with Gasteiger partial charge < -0.3 is 14.8 Å². The molecule has 0 heterocycles. The van der Waals surface area contributed by atoms with E-state index in [2.05, 4.69) is 5.32 Å². The van der Waals surface area contributed by atoms with Crippen molar-refractivity contribution in [3.05, 3.63) is 57.6 Å². The average Bonchev–Trinajstić information content (AvgIpc) is 2.77. The number of hydrogen-bond acceptors (Lipinski definition) is 6. The second-order valence-electron chi connectivity index (χ2n) is 11.5. The summed E-state index contributed by atoms with van der Waals surface area (Å²) >= 11 is 12.1. The van der Waals surface area contributed by atoms with Crippen molar-refractivity contribution in [2.75, 3.05) is 11.5 Å². The maximum absolute atomic E-state index is 14.0. The molecule has 0 radical (unpaired) electrons. The van der Waals surface area contributed by atoms with Crippen LogP contribution in [-0.2, 0) is 36.6 Å². The maximum Gasteiger partial charge on any atom is 0.416 e. The highest BCUT2D eigenvalue weighted by molar-refractivity contribution is 7.92. The summed E-state index contributed by atoms with van der Waals surface area (Å²) in [5, 5.41) is 2.92. The van der Waals surface area contributed by atoms with Crippen molar-refractivity contribution in [3.8, 4) is 11.1 Å². The topological polar surface area (TPSA) is 106 Å². The molecule has 0 spiro atoms. The largest absolute Gasteiger partial charge is 0.458 e. The Hall–Kier alpha value is -2.50. The highest BCUT2D eigenvalue weighted by Crippen LogP contribution is 2.37. The molecule has 13 heteroatoms. The SMILES string of the molecule is CC(C)(C)OC(=O)N[C@@H](CCS(=N)(=O)CCc1ccc(-c2ccc(Cl)cc2Cl)cc1C(F)(F)F)C(=O)OC(C)(C)C. The van der Waals surface area contributed by atoms with Gasteiger partial charge in [-0.2, -0.15) is 13.2 Å². The fourth-order valence-electron chi connectivity index (χ4n) is 3.71. The molecule has 2 N–H and O–H groups in total. The van der Waals surface area contributed by atoms with Crippen molar-refractivity contribution < 1.29 is 36.4 Å². The Labute approximate surface area is 249 Å². The molecule has 0 saturated carbocycles. The van der Waals surface area contributed by atoms with Gasteiger partial charge in [0.25, 0.3) is 0 Å². The number of amides is 1. The number of ether oxygens (including phenoxy) is 2. The van der Waals surface area contributed by atoms with Crippen LogP contribution < -0.4 is 5.32 Å². The van der Waals surface area contributed by atoms with Crippen LogP contribution in [0.3, 0.4) is 0 Å². The Bertz CT molecular complexity index is 1370. The first-order valence-corrected chi connectivity index (χ1v) is 15.3. The van der Waals surface area contributed by atoms with E-state index in [0.29, 0.717) is 10.6 Å². The lowest BCUT2D eigenvalue weighted by atomic mass is 9.97. The third-order valence-corrected chi connectivity index (χ3v) is 7.78. The summed E-state index contributed by atoms with van der Waals surface area (Å²) in [6, 6.07) is 6.88. The second-order valence-corrected chi connectivity index (χ2v) is 14.8.